The van der Waals surface area contributed by atoms with Crippen LogP contribution >= 0.6 is 11.3 Å². The van der Waals surface area contributed by atoms with Gasteiger partial charge >= 0.3 is 12.6 Å². The highest BCUT2D eigenvalue weighted by Gasteiger charge is 2.25. The number of nitrogens with one attached hydrogen (secondary N) is 1. The van der Waals surface area contributed by atoms with Crippen LogP contribution in [0.4, 0.5) is 13.8 Å². The van der Waals surface area contributed by atoms with E-state index >= 15 is 0 Å². The van der Waals surface area contributed by atoms with E-state index in [4.69, 9.17) is 10.5 Å². The predicted molar refractivity (Wildman–Crippen MR) is 111 cm³/mol. The Labute approximate surface area is 180 Å². The summed E-state index contributed by atoms with van der Waals surface area (Å²) in [4.78, 5) is 36.9. The fourth-order valence-electron chi connectivity index (χ4n) is 3.19. The molecule has 0 bridgehead atoms. The zero-order valence-corrected chi connectivity index (χ0v) is 17.2. The minimum atomic E-state index is -2.92. The molecule has 0 aliphatic heterocycles. The molecule has 0 spiro atoms. The molecule has 0 atom stereocenters. The summed E-state index contributed by atoms with van der Waals surface area (Å²) < 4.78 is 33.4. The van der Waals surface area contributed by atoms with Gasteiger partial charge in [-0.1, -0.05) is 12.1 Å². The molecule has 0 radical (unpaired) electrons. The number of carbonyl (C=O) groups is 3. The summed E-state index contributed by atoms with van der Waals surface area (Å²) in [5.41, 5.74) is 7.26. The summed E-state index contributed by atoms with van der Waals surface area (Å²) in [5, 5.41) is 2.98. The van der Waals surface area contributed by atoms with Crippen molar-refractivity contribution in [2.75, 3.05) is 11.9 Å². The van der Waals surface area contributed by atoms with Gasteiger partial charge in [-0.15, -0.1) is 11.3 Å². The van der Waals surface area contributed by atoms with Crippen LogP contribution < -0.4 is 15.8 Å². The minimum absolute atomic E-state index is 0.00279. The third kappa shape index (κ3) is 6.11. The molecule has 0 unspecified atom stereocenters. The topological polar surface area (TPSA) is 108 Å². The van der Waals surface area contributed by atoms with Crippen LogP contribution in [0.15, 0.2) is 30.3 Å². The molecule has 2 aromatic rings. The SMILES string of the molecule is NC(=O)c1c(NC(=O)COC(=O)/C=C/c2ccc(OC(F)F)cc2)sc2c1CCCC2. The number of esters is 1. The Morgan fingerprint density at radius 2 is 1.87 bits per heavy atom. The summed E-state index contributed by atoms with van der Waals surface area (Å²) in [6.07, 6.45) is 6.08. The van der Waals surface area contributed by atoms with Crippen molar-refractivity contribution in [2.24, 2.45) is 5.73 Å². The van der Waals surface area contributed by atoms with E-state index in [0.717, 1.165) is 42.2 Å². The van der Waals surface area contributed by atoms with Gasteiger partial charge in [-0.05, 0) is 55.0 Å². The molecule has 3 rings (SSSR count). The summed E-state index contributed by atoms with van der Waals surface area (Å²) in [6, 6.07) is 5.64. The third-order valence-electron chi connectivity index (χ3n) is 4.53. The van der Waals surface area contributed by atoms with Crippen LogP contribution in [0.25, 0.3) is 6.08 Å². The average molecular weight is 450 g/mol. The molecule has 0 saturated carbocycles. The lowest BCUT2D eigenvalue weighted by Gasteiger charge is -2.11. The second-order valence-electron chi connectivity index (χ2n) is 6.72. The van der Waals surface area contributed by atoms with Gasteiger partial charge in [0.2, 0.25) is 0 Å². The van der Waals surface area contributed by atoms with Crippen LogP contribution in [0, 0.1) is 0 Å². The molecule has 1 aromatic carbocycles. The van der Waals surface area contributed by atoms with Crippen LogP contribution in [-0.4, -0.2) is 31.0 Å². The van der Waals surface area contributed by atoms with Crippen LogP contribution in [0.5, 0.6) is 5.75 Å². The Morgan fingerprint density at radius 3 is 2.55 bits per heavy atom. The maximum absolute atomic E-state index is 12.2. The van der Waals surface area contributed by atoms with Crippen molar-refractivity contribution in [3.05, 3.63) is 51.9 Å². The summed E-state index contributed by atoms with van der Waals surface area (Å²) >= 11 is 1.32. The van der Waals surface area contributed by atoms with Gasteiger partial charge in [-0.3, -0.25) is 9.59 Å². The van der Waals surface area contributed by atoms with Crippen molar-refractivity contribution >= 4 is 40.2 Å². The summed E-state index contributed by atoms with van der Waals surface area (Å²) in [5.74, 6) is -1.95. The van der Waals surface area contributed by atoms with Crippen molar-refractivity contribution in [1.82, 2.24) is 0 Å². The lowest BCUT2D eigenvalue weighted by Crippen LogP contribution is -2.22. The minimum Gasteiger partial charge on any atom is -0.452 e. The smallest absolute Gasteiger partial charge is 0.387 e. The summed E-state index contributed by atoms with van der Waals surface area (Å²) in [6.45, 7) is -3.45. The standard InChI is InChI=1S/C21H20F2N2O5S/c22-21(23)30-13-8-5-12(6-9-13)7-10-17(27)29-11-16(26)25-20-18(19(24)28)14-3-1-2-4-15(14)31-20/h5-10,21H,1-4,11H2,(H2,24,28)(H,25,26)/b10-7+. The average Bonchev–Trinajstić information content (AvgIpc) is 3.09. The molecule has 1 aromatic heterocycles. The molecular weight excluding hydrogens is 430 g/mol. The second-order valence-corrected chi connectivity index (χ2v) is 7.82. The van der Waals surface area contributed by atoms with Crippen molar-refractivity contribution in [3.8, 4) is 5.75 Å². The first-order valence-corrected chi connectivity index (χ1v) is 10.3. The van der Waals surface area contributed by atoms with Gasteiger partial charge in [0.05, 0.1) is 5.56 Å². The van der Waals surface area contributed by atoms with Crippen LogP contribution in [0.3, 0.4) is 0 Å². The molecule has 2 amide bonds. The number of carbonyl (C=O) groups excluding carboxylic acids is 3. The van der Waals surface area contributed by atoms with E-state index < -0.39 is 31.0 Å². The van der Waals surface area contributed by atoms with Crippen LogP contribution in [0.2, 0.25) is 0 Å². The van der Waals surface area contributed by atoms with Gasteiger partial charge in [-0.25, -0.2) is 4.79 Å². The Kier molecular flexibility index (Phi) is 7.35. The first kappa shape index (κ1) is 22.4. The summed E-state index contributed by atoms with van der Waals surface area (Å²) in [7, 11) is 0. The van der Waals surface area contributed by atoms with E-state index in [1.165, 1.54) is 41.7 Å². The molecule has 1 aliphatic rings. The highest BCUT2D eigenvalue weighted by molar-refractivity contribution is 7.17. The Balaban J connectivity index is 1.53. The van der Waals surface area contributed by atoms with Crippen molar-refractivity contribution in [1.29, 1.82) is 0 Å². The number of hydrogen-bond donors (Lipinski definition) is 2. The fourth-order valence-corrected chi connectivity index (χ4v) is 4.50. The van der Waals surface area contributed by atoms with E-state index in [0.29, 0.717) is 16.1 Å². The lowest BCUT2D eigenvalue weighted by molar-refractivity contribution is -0.142. The molecule has 0 saturated heterocycles. The number of ether oxygens (including phenoxy) is 2. The van der Waals surface area contributed by atoms with E-state index in [9.17, 15) is 23.2 Å². The normalized spacial score (nSPS) is 13.1. The van der Waals surface area contributed by atoms with Gasteiger partial charge in [0, 0.05) is 11.0 Å². The zero-order chi connectivity index (χ0) is 22.4. The van der Waals surface area contributed by atoms with Gasteiger partial charge in [0.25, 0.3) is 11.8 Å². The number of hydrogen-bond acceptors (Lipinski definition) is 6. The maximum atomic E-state index is 12.2. The molecule has 10 heteroatoms. The van der Waals surface area contributed by atoms with Gasteiger partial charge < -0.3 is 20.5 Å². The number of fused-ring (bicyclic) bond motifs is 1. The number of rotatable bonds is 8. The quantitative estimate of drug-likeness (QED) is 0.473. The molecular formula is C21H20F2N2O5S. The van der Waals surface area contributed by atoms with Gasteiger partial charge in [0.15, 0.2) is 6.61 Å². The highest BCUT2D eigenvalue weighted by atomic mass is 32.1. The number of anilines is 1. The van der Waals surface area contributed by atoms with E-state index in [1.807, 2.05) is 0 Å². The van der Waals surface area contributed by atoms with Crippen molar-refractivity contribution < 1.29 is 32.6 Å². The predicted octanol–water partition coefficient (Wildman–Crippen LogP) is 3.52. The highest BCUT2D eigenvalue weighted by Crippen LogP contribution is 2.37. The number of alkyl halides is 2. The van der Waals surface area contributed by atoms with Crippen LogP contribution in [-0.2, 0) is 27.2 Å². The molecule has 0 fully saturated rings. The van der Waals surface area contributed by atoms with Crippen molar-refractivity contribution in [2.45, 2.75) is 32.3 Å². The van der Waals surface area contributed by atoms with Gasteiger partial charge in [-0.2, -0.15) is 8.78 Å². The Morgan fingerprint density at radius 1 is 1.16 bits per heavy atom. The monoisotopic (exact) mass is 450 g/mol. The first-order chi connectivity index (χ1) is 14.8. The number of nitrogens with two attached hydrogens (primary N) is 1. The molecule has 31 heavy (non-hydrogen) atoms. The van der Waals surface area contributed by atoms with Crippen molar-refractivity contribution in [3.63, 3.8) is 0 Å². The number of amides is 2. The van der Waals surface area contributed by atoms with E-state index in [-0.39, 0.29) is 5.75 Å². The molecule has 1 heterocycles. The number of primary amides is 1. The fraction of sp³-hybridized carbons (Fsp3) is 0.286. The van der Waals surface area contributed by atoms with Gasteiger partial charge in [0.1, 0.15) is 10.8 Å². The number of benzene rings is 1. The first-order valence-electron chi connectivity index (χ1n) is 9.47. The molecule has 164 valence electrons. The molecule has 7 nitrogen and oxygen atoms in total. The van der Waals surface area contributed by atoms with E-state index in [2.05, 4.69) is 10.1 Å². The Bertz CT molecular complexity index is 1000. The van der Waals surface area contributed by atoms with E-state index in [1.54, 1.807) is 0 Å². The maximum Gasteiger partial charge on any atom is 0.387 e. The molecule has 1 aliphatic carbocycles. The zero-order valence-electron chi connectivity index (χ0n) is 16.4. The number of aryl methyl sites for hydroxylation is 1. The largest absolute Gasteiger partial charge is 0.452 e. The second kappa shape index (κ2) is 10.2. The number of thiophene rings is 1. The Hall–Kier alpha value is -3.27. The molecule has 3 N–H and O–H groups in total. The lowest BCUT2D eigenvalue weighted by atomic mass is 9.95. The van der Waals surface area contributed by atoms with Crippen LogP contribution in [0.1, 0.15) is 39.2 Å². The third-order valence-corrected chi connectivity index (χ3v) is 5.74. The number of halogens is 2.